The summed E-state index contributed by atoms with van der Waals surface area (Å²) in [5.41, 5.74) is 6.53. The summed E-state index contributed by atoms with van der Waals surface area (Å²) in [6, 6.07) is 5.55. The number of hydrogen-bond acceptors (Lipinski definition) is 4. The first-order valence-electron chi connectivity index (χ1n) is 6.92. The molecule has 1 aliphatic rings. The molecule has 2 rings (SSSR count). The van der Waals surface area contributed by atoms with Gasteiger partial charge < -0.3 is 19.9 Å². The molecule has 4 nitrogen and oxygen atoms in total. The largest absolute Gasteiger partial charge is 0.494 e. The van der Waals surface area contributed by atoms with E-state index in [1.165, 1.54) is 0 Å². The Balaban J connectivity index is 2.05. The Hall–Kier alpha value is -1.42. The molecule has 0 radical (unpaired) electrons. The Morgan fingerprint density at radius 2 is 1.79 bits per heavy atom. The van der Waals surface area contributed by atoms with Gasteiger partial charge in [0.1, 0.15) is 17.6 Å². The van der Waals surface area contributed by atoms with E-state index in [4.69, 9.17) is 19.9 Å². The van der Waals surface area contributed by atoms with E-state index in [2.05, 4.69) is 13.8 Å². The van der Waals surface area contributed by atoms with E-state index >= 15 is 0 Å². The van der Waals surface area contributed by atoms with Gasteiger partial charge in [0.15, 0.2) is 0 Å². The van der Waals surface area contributed by atoms with Crippen molar-refractivity contribution in [3.05, 3.63) is 18.2 Å². The van der Waals surface area contributed by atoms with E-state index in [0.29, 0.717) is 12.3 Å². The Morgan fingerprint density at radius 3 is 2.42 bits per heavy atom. The molecule has 4 heteroatoms. The molecule has 19 heavy (non-hydrogen) atoms. The normalized spacial score (nSPS) is 27.0. The highest BCUT2D eigenvalue weighted by Gasteiger charge is 2.25. The Bertz CT molecular complexity index is 412. The summed E-state index contributed by atoms with van der Waals surface area (Å²) in [7, 11) is 0. The van der Waals surface area contributed by atoms with Crippen LogP contribution in [0.5, 0.6) is 11.5 Å². The lowest BCUT2D eigenvalue weighted by atomic mass is 10.0. The fourth-order valence-electron chi connectivity index (χ4n) is 2.54. The molecule has 0 saturated carbocycles. The van der Waals surface area contributed by atoms with E-state index < -0.39 is 0 Å². The van der Waals surface area contributed by atoms with Gasteiger partial charge in [0.25, 0.3) is 0 Å². The molecule has 2 atom stereocenters. The van der Waals surface area contributed by atoms with Gasteiger partial charge in [-0.05, 0) is 20.8 Å². The molecule has 2 unspecified atom stereocenters. The van der Waals surface area contributed by atoms with Crippen molar-refractivity contribution in [2.45, 2.75) is 51.9 Å². The van der Waals surface area contributed by atoms with Gasteiger partial charge in [0.05, 0.1) is 18.8 Å². The summed E-state index contributed by atoms with van der Waals surface area (Å²) in [5, 5.41) is 0. The molecule has 0 aromatic heterocycles. The number of hydrogen-bond donors (Lipinski definition) is 1. The van der Waals surface area contributed by atoms with Gasteiger partial charge in [-0.3, -0.25) is 0 Å². The SMILES string of the molecule is CCOc1cc(N)cc(OC2CC(C)OC(C)C2)c1. The fraction of sp³-hybridized carbons (Fsp3) is 0.600. The van der Waals surface area contributed by atoms with E-state index in [1.807, 2.05) is 25.1 Å². The molecule has 1 aliphatic heterocycles. The number of rotatable bonds is 4. The number of benzene rings is 1. The van der Waals surface area contributed by atoms with Crippen molar-refractivity contribution in [1.82, 2.24) is 0 Å². The van der Waals surface area contributed by atoms with Crippen molar-refractivity contribution in [2.75, 3.05) is 12.3 Å². The first kappa shape index (κ1) is 14.0. The third-order valence-corrected chi connectivity index (χ3v) is 3.17. The van der Waals surface area contributed by atoms with Crippen LogP contribution < -0.4 is 15.2 Å². The van der Waals surface area contributed by atoms with Crippen LogP contribution in [0.3, 0.4) is 0 Å². The lowest BCUT2D eigenvalue weighted by Gasteiger charge is -2.32. The van der Waals surface area contributed by atoms with Crippen molar-refractivity contribution in [3.8, 4) is 11.5 Å². The molecule has 1 heterocycles. The van der Waals surface area contributed by atoms with Gasteiger partial charge in [-0.15, -0.1) is 0 Å². The van der Waals surface area contributed by atoms with Gasteiger partial charge >= 0.3 is 0 Å². The summed E-state index contributed by atoms with van der Waals surface area (Å²) in [6.07, 6.45) is 2.46. The zero-order valence-corrected chi connectivity index (χ0v) is 11.9. The Morgan fingerprint density at radius 1 is 1.16 bits per heavy atom. The molecule has 0 amide bonds. The molecule has 0 spiro atoms. The Kier molecular flexibility index (Phi) is 4.53. The molecule has 0 bridgehead atoms. The monoisotopic (exact) mass is 265 g/mol. The van der Waals surface area contributed by atoms with Crippen LogP contribution in [0.2, 0.25) is 0 Å². The van der Waals surface area contributed by atoms with Crippen LogP contribution in [0.4, 0.5) is 5.69 Å². The van der Waals surface area contributed by atoms with Crippen LogP contribution >= 0.6 is 0 Å². The highest BCUT2D eigenvalue weighted by Crippen LogP contribution is 2.28. The minimum Gasteiger partial charge on any atom is -0.494 e. The summed E-state index contributed by atoms with van der Waals surface area (Å²) < 4.78 is 17.2. The van der Waals surface area contributed by atoms with E-state index in [9.17, 15) is 0 Å². The van der Waals surface area contributed by atoms with Crippen molar-refractivity contribution in [1.29, 1.82) is 0 Å². The van der Waals surface area contributed by atoms with Gasteiger partial charge in [-0.2, -0.15) is 0 Å². The minimum atomic E-state index is 0.176. The van der Waals surface area contributed by atoms with Gasteiger partial charge in [0, 0.05) is 36.7 Å². The summed E-state index contributed by atoms with van der Waals surface area (Å²) >= 11 is 0. The first-order valence-corrected chi connectivity index (χ1v) is 6.92. The molecule has 1 aromatic carbocycles. The van der Waals surface area contributed by atoms with Crippen molar-refractivity contribution < 1.29 is 14.2 Å². The standard InChI is InChI=1S/C15H23NO3/c1-4-17-13-7-12(16)8-15(9-13)19-14-5-10(2)18-11(3)6-14/h7-11,14H,4-6,16H2,1-3H3. The number of nitrogens with two attached hydrogens (primary N) is 1. The second kappa shape index (κ2) is 6.15. The number of nitrogen functional groups attached to an aromatic ring is 1. The van der Waals surface area contributed by atoms with Gasteiger partial charge in [-0.25, -0.2) is 0 Å². The number of anilines is 1. The van der Waals surface area contributed by atoms with E-state index in [-0.39, 0.29) is 18.3 Å². The maximum Gasteiger partial charge on any atom is 0.125 e. The second-order valence-corrected chi connectivity index (χ2v) is 5.14. The molecule has 2 N–H and O–H groups in total. The van der Waals surface area contributed by atoms with Gasteiger partial charge in [-0.1, -0.05) is 0 Å². The topological polar surface area (TPSA) is 53.7 Å². The molecular formula is C15H23NO3. The molecule has 0 aliphatic carbocycles. The highest BCUT2D eigenvalue weighted by molar-refractivity contribution is 5.50. The third-order valence-electron chi connectivity index (χ3n) is 3.17. The van der Waals surface area contributed by atoms with Crippen molar-refractivity contribution in [2.24, 2.45) is 0 Å². The number of ether oxygens (including phenoxy) is 3. The summed E-state index contributed by atoms with van der Waals surface area (Å²) in [6.45, 7) is 6.73. The Labute approximate surface area is 114 Å². The van der Waals surface area contributed by atoms with Crippen LogP contribution in [0.25, 0.3) is 0 Å². The molecule has 1 saturated heterocycles. The molecule has 1 fully saturated rings. The zero-order chi connectivity index (χ0) is 13.8. The molecular weight excluding hydrogens is 242 g/mol. The lowest BCUT2D eigenvalue weighted by molar-refractivity contribution is -0.0721. The van der Waals surface area contributed by atoms with Crippen LogP contribution in [0.1, 0.15) is 33.6 Å². The summed E-state index contributed by atoms with van der Waals surface area (Å²) in [4.78, 5) is 0. The maximum atomic E-state index is 6.02. The quantitative estimate of drug-likeness (QED) is 0.850. The first-order chi connectivity index (χ1) is 9.06. The zero-order valence-electron chi connectivity index (χ0n) is 11.9. The smallest absolute Gasteiger partial charge is 0.125 e. The average molecular weight is 265 g/mol. The van der Waals surface area contributed by atoms with Crippen LogP contribution in [-0.2, 0) is 4.74 Å². The van der Waals surface area contributed by atoms with Crippen LogP contribution in [0.15, 0.2) is 18.2 Å². The molecule has 106 valence electrons. The van der Waals surface area contributed by atoms with Crippen molar-refractivity contribution in [3.63, 3.8) is 0 Å². The van der Waals surface area contributed by atoms with Gasteiger partial charge in [0.2, 0.25) is 0 Å². The van der Waals surface area contributed by atoms with E-state index in [0.717, 1.165) is 24.3 Å². The summed E-state index contributed by atoms with van der Waals surface area (Å²) in [5.74, 6) is 1.53. The van der Waals surface area contributed by atoms with Crippen LogP contribution in [-0.4, -0.2) is 24.9 Å². The average Bonchev–Trinajstić information content (AvgIpc) is 2.26. The fourth-order valence-corrected chi connectivity index (χ4v) is 2.54. The lowest BCUT2D eigenvalue weighted by Crippen LogP contribution is -2.35. The third kappa shape index (κ3) is 4.03. The highest BCUT2D eigenvalue weighted by atomic mass is 16.5. The molecule has 1 aromatic rings. The predicted octanol–water partition coefficient (Wildman–Crippen LogP) is 3.00. The van der Waals surface area contributed by atoms with E-state index in [1.54, 1.807) is 0 Å². The van der Waals surface area contributed by atoms with Crippen LogP contribution in [0, 0.1) is 0 Å². The van der Waals surface area contributed by atoms with Crippen molar-refractivity contribution >= 4 is 5.69 Å². The minimum absolute atomic E-state index is 0.176. The second-order valence-electron chi connectivity index (χ2n) is 5.14. The maximum absolute atomic E-state index is 6.02. The predicted molar refractivity (Wildman–Crippen MR) is 75.7 cm³/mol.